The van der Waals surface area contributed by atoms with Gasteiger partial charge in [-0.3, -0.25) is 4.79 Å². The summed E-state index contributed by atoms with van der Waals surface area (Å²) in [5.74, 6) is 1.64. The van der Waals surface area contributed by atoms with Crippen LogP contribution in [0.25, 0.3) is 22.3 Å². The molecule has 2 aromatic carbocycles. The molecule has 0 unspecified atom stereocenters. The number of carbonyl (C=O) groups is 1. The third-order valence-corrected chi connectivity index (χ3v) is 5.40. The monoisotopic (exact) mass is 375 g/mol. The largest absolute Gasteiger partial charge is 0.507 e. The van der Waals surface area contributed by atoms with E-state index in [2.05, 4.69) is 4.90 Å². The average molecular weight is 375 g/mol. The molecule has 1 aromatic heterocycles. The molecular weight excluding hydrogens is 350 g/mol. The second kappa shape index (κ2) is 7.23. The minimum atomic E-state index is -0.156. The molecule has 1 saturated heterocycles. The molecule has 144 valence electrons. The van der Waals surface area contributed by atoms with Crippen LogP contribution < -0.4 is 4.90 Å². The number of rotatable bonds is 4. The molecule has 0 bridgehead atoms. The minimum absolute atomic E-state index is 0.0152. The lowest BCUT2D eigenvalue weighted by Gasteiger charge is -2.27. The normalized spacial score (nSPS) is 16.9. The van der Waals surface area contributed by atoms with Crippen molar-refractivity contribution in [3.05, 3.63) is 48.0 Å². The number of benzene rings is 2. The van der Waals surface area contributed by atoms with Gasteiger partial charge in [0.25, 0.3) is 0 Å². The number of hydrogen-bond acceptors (Lipinski definition) is 5. The van der Waals surface area contributed by atoms with E-state index < -0.39 is 0 Å². The van der Waals surface area contributed by atoms with E-state index in [0.29, 0.717) is 11.4 Å². The predicted octanol–water partition coefficient (Wildman–Crippen LogP) is 4.50. The van der Waals surface area contributed by atoms with Crippen LogP contribution in [0.3, 0.4) is 0 Å². The first-order valence-electron chi connectivity index (χ1n) is 9.83. The lowest BCUT2D eigenvalue weighted by atomic mass is 9.99. The summed E-state index contributed by atoms with van der Waals surface area (Å²) in [6.45, 7) is 6.73. The van der Waals surface area contributed by atoms with Crippen molar-refractivity contribution in [3.63, 3.8) is 0 Å². The molecule has 0 amide bonds. The van der Waals surface area contributed by atoms with Crippen LogP contribution in [0.4, 0.5) is 5.82 Å². The SMILES string of the molecule is Cc1ccc2c(N3CCC[C@@H]3C(=O)C(C)C)nc(-c3ccccc3O)nc2c1. The van der Waals surface area contributed by atoms with Gasteiger partial charge in [-0.25, -0.2) is 9.97 Å². The van der Waals surface area contributed by atoms with Crippen LogP contribution in [-0.4, -0.2) is 33.4 Å². The lowest BCUT2D eigenvalue weighted by molar-refractivity contribution is -0.123. The number of anilines is 1. The van der Waals surface area contributed by atoms with E-state index in [-0.39, 0.29) is 23.5 Å². The molecule has 1 N–H and O–H groups in total. The molecule has 1 aliphatic heterocycles. The summed E-state index contributed by atoms with van der Waals surface area (Å²) in [6, 6.07) is 13.0. The molecule has 2 heterocycles. The number of aromatic nitrogens is 2. The van der Waals surface area contributed by atoms with E-state index in [4.69, 9.17) is 9.97 Å². The summed E-state index contributed by atoms with van der Waals surface area (Å²) in [5.41, 5.74) is 2.53. The number of phenols is 1. The summed E-state index contributed by atoms with van der Waals surface area (Å²) in [5, 5.41) is 11.3. The van der Waals surface area contributed by atoms with Gasteiger partial charge in [-0.2, -0.15) is 0 Å². The zero-order chi connectivity index (χ0) is 19.8. The van der Waals surface area contributed by atoms with Gasteiger partial charge >= 0.3 is 0 Å². The van der Waals surface area contributed by atoms with Crippen LogP contribution in [0, 0.1) is 12.8 Å². The number of Topliss-reactive ketones (excluding diaryl/α,β-unsaturated/α-hetero) is 1. The van der Waals surface area contributed by atoms with Crippen molar-refractivity contribution in [2.75, 3.05) is 11.4 Å². The third-order valence-electron chi connectivity index (χ3n) is 5.40. The number of aryl methyl sites for hydroxylation is 1. The first-order chi connectivity index (χ1) is 13.5. The Labute approximate surface area is 165 Å². The number of carbonyl (C=O) groups excluding carboxylic acids is 1. The highest BCUT2D eigenvalue weighted by molar-refractivity contribution is 5.96. The number of aromatic hydroxyl groups is 1. The van der Waals surface area contributed by atoms with Gasteiger partial charge in [-0.1, -0.05) is 32.0 Å². The third kappa shape index (κ3) is 3.21. The number of phenolic OH excluding ortho intramolecular Hbond substituents is 1. The summed E-state index contributed by atoms with van der Waals surface area (Å²) in [4.78, 5) is 24.5. The summed E-state index contributed by atoms with van der Waals surface area (Å²) < 4.78 is 0. The van der Waals surface area contributed by atoms with E-state index in [1.54, 1.807) is 12.1 Å². The second-order valence-electron chi connectivity index (χ2n) is 7.82. The van der Waals surface area contributed by atoms with Crippen molar-refractivity contribution < 1.29 is 9.90 Å². The van der Waals surface area contributed by atoms with E-state index in [9.17, 15) is 9.90 Å². The average Bonchev–Trinajstić information content (AvgIpc) is 3.16. The van der Waals surface area contributed by atoms with Crippen molar-refractivity contribution in [2.45, 2.75) is 39.7 Å². The standard InChI is InChI=1S/C23H25N3O2/c1-14(2)21(28)19-8-6-12-26(19)23-16-11-10-15(3)13-18(16)24-22(25-23)17-7-4-5-9-20(17)27/h4-5,7,9-11,13-14,19,27H,6,8,12H2,1-3H3/t19-/m1/s1. The van der Waals surface area contributed by atoms with Crippen LogP contribution in [0.2, 0.25) is 0 Å². The molecule has 5 nitrogen and oxygen atoms in total. The topological polar surface area (TPSA) is 66.3 Å². The highest BCUT2D eigenvalue weighted by Gasteiger charge is 2.34. The van der Waals surface area contributed by atoms with Crippen molar-refractivity contribution in [1.29, 1.82) is 0 Å². The first-order valence-corrected chi connectivity index (χ1v) is 9.83. The van der Waals surface area contributed by atoms with Crippen LogP contribution in [-0.2, 0) is 4.79 Å². The molecule has 5 heteroatoms. The Morgan fingerprint density at radius 3 is 2.71 bits per heavy atom. The van der Waals surface area contributed by atoms with Crippen LogP contribution in [0.15, 0.2) is 42.5 Å². The molecule has 0 spiro atoms. The van der Waals surface area contributed by atoms with Crippen molar-refractivity contribution in [3.8, 4) is 17.1 Å². The zero-order valence-electron chi connectivity index (χ0n) is 16.5. The summed E-state index contributed by atoms with van der Waals surface area (Å²) in [6.07, 6.45) is 1.81. The predicted molar refractivity (Wildman–Crippen MR) is 112 cm³/mol. The van der Waals surface area contributed by atoms with Crippen molar-refractivity contribution in [1.82, 2.24) is 9.97 Å². The Morgan fingerprint density at radius 2 is 1.96 bits per heavy atom. The van der Waals surface area contributed by atoms with Gasteiger partial charge < -0.3 is 10.0 Å². The molecule has 0 aliphatic carbocycles. The maximum absolute atomic E-state index is 12.8. The lowest BCUT2D eigenvalue weighted by Crippen LogP contribution is -2.39. The van der Waals surface area contributed by atoms with Crippen molar-refractivity contribution >= 4 is 22.5 Å². The second-order valence-corrected chi connectivity index (χ2v) is 7.82. The van der Waals surface area contributed by atoms with Gasteiger partial charge in [0.2, 0.25) is 0 Å². The zero-order valence-corrected chi connectivity index (χ0v) is 16.5. The van der Waals surface area contributed by atoms with Gasteiger partial charge in [-0.15, -0.1) is 0 Å². The quantitative estimate of drug-likeness (QED) is 0.727. The number of fused-ring (bicyclic) bond motifs is 1. The number of para-hydroxylation sites is 1. The maximum Gasteiger partial charge on any atom is 0.165 e. The van der Waals surface area contributed by atoms with Gasteiger partial charge in [0, 0.05) is 17.8 Å². The molecule has 4 rings (SSSR count). The van der Waals surface area contributed by atoms with E-state index in [1.807, 2.05) is 51.1 Å². The Balaban J connectivity index is 1.92. The fourth-order valence-electron chi connectivity index (χ4n) is 3.93. The Kier molecular flexibility index (Phi) is 4.75. The van der Waals surface area contributed by atoms with Gasteiger partial charge in [0.1, 0.15) is 11.6 Å². The molecule has 28 heavy (non-hydrogen) atoms. The smallest absolute Gasteiger partial charge is 0.165 e. The van der Waals surface area contributed by atoms with Crippen LogP contribution in [0.5, 0.6) is 5.75 Å². The van der Waals surface area contributed by atoms with Gasteiger partial charge in [0.15, 0.2) is 11.6 Å². The van der Waals surface area contributed by atoms with Gasteiger partial charge in [0.05, 0.1) is 17.1 Å². The molecule has 0 saturated carbocycles. The van der Waals surface area contributed by atoms with Crippen LogP contribution in [0.1, 0.15) is 32.3 Å². The molecule has 1 fully saturated rings. The van der Waals surface area contributed by atoms with E-state index >= 15 is 0 Å². The maximum atomic E-state index is 12.8. The molecular formula is C23H25N3O2. The van der Waals surface area contributed by atoms with Crippen molar-refractivity contribution in [2.24, 2.45) is 5.92 Å². The highest BCUT2D eigenvalue weighted by Crippen LogP contribution is 2.35. The highest BCUT2D eigenvalue weighted by atomic mass is 16.3. The van der Waals surface area contributed by atoms with E-state index in [0.717, 1.165) is 41.7 Å². The fraction of sp³-hybridized carbons (Fsp3) is 0.348. The molecule has 3 aromatic rings. The number of ketones is 1. The first kappa shape index (κ1) is 18.4. The Morgan fingerprint density at radius 1 is 1.18 bits per heavy atom. The number of nitrogens with zero attached hydrogens (tertiary/aromatic N) is 3. The summed E-state index contributed by atoms with van der Waals surface area (Å²) in [7, 11) is 0. The number of hydrogen-bond donors (Lipinski definition) is 1. The van der Waals surface area contributed by atoms with Gasteiger partial charge in [-0.05, 0) is 49.6 Å². The minimum Gasteiger partial charge on any atom is -0.507 e. The van der Waals surface area contributed by atoms with E-state index in [1.165, 1.54) is 0 Å². The Hall–Kier alpha value is -2.95. The molecule has 1 atom stereocenters. The summed E-state index contributed by atoms with van der Waals surface area (Å²) >= 11 is 0. The fourth-order valence-corrected chi connectivity index (χ4v) is 3.93. The Bertz CT molecular complexity index is 1050. The molecule has 0 radical (unpaired) electrons. The molecule has 1 aliphatic rings. The van der Waals surface area contributed by atoms with Crippen LogP contribution >= 0.6 is 0 Å².